The van der Waals surface area contributed by atoms with Crippen molar-refractivity contribution in [2.24, 2.45) is 21.7 Å². The number of hydrogen-bond donors (Lipinski definition) is 3. The van der Waals surface area contributed by atoms with E-state index in [0.717, 1.165) is 11.8 Å². The molecule has 0 aliphatic carbocycles. The fourth-order valence-electron chi connectivity index (χ4n) is 3.13. The molecule has 0 fully saturated rings. The molecular weight excluding hydrogens is 494 g/mol. The Balaban J connectivity index is 2.69. The number of hydrazone groups is 1. The van der Waals surface area contributed by atoms with E-state index in [9.17, 15) is 18.4 Å². The zero-order valence-corrected chi connectivity index (χ0v) is 22.9. The SMILES string of the molecule is CC(C)(C)C(=O)NC1=NN(C(=O)C(C)(C)C)C(c2ccccc2)(C(CSCCN)NS(=O)[O-])S1. The Morgan fingerprint density at radius 3 is 2.32 bits per heavy atom. The predicted octanol–water partition coefficient (Wildman–Crippen LogP) is 2.34. The molecule has 2 amide bonds. The average Bonchev–Trinajstić information content (AvgIpc) is 3.11. The highest BCUT2D eigenvalue weighted by Crippen LogP contribution is 2.50. The van der Waals surface area contributed by atoms with Gasteiger partial charge in [-0.3, -0.25) is 13.8 Å². The molecular formula is C22H34N5O4S3-. The molecule has 1 aliphatic rings. The zero-order chi connectivity index (χ0) is 25.7. The van der Waals surface area contributed by atoms with Crippen LogP contribution in [0.3, 0.4) is 0 Å². The van der Waals surface area contributed by atoms with Crippen molar-refractivity contribution >= 4 is 51.8 Å². The monoisotopic (exact) mass is 528 g/mol. The lowest BCUT2D eigenvalue weighted by Gasteiger charge is -2.44. The van der Waals surface area contributed by atoms with Crippen LogP contribution in [0.4, 0.5) is 0 Å². The van der Waals surface area contributed by atoms with E-state index in [1.54, 1.807) is 41.5 Å². The Morgan fingerprint density at radius 2 is 1.82 bits per heavy atom. The lowest BCUT2D eigenvalue weighted by atomic mass is 9.92. The third kappa shape index (κ3) is 6.82. The number of nitrogens with one attached hydrogen (secondary N) is 2. The highest BCUT2D eigenvalue weighted by Gasteiger charge is 2.56. The maximum Gasteiger partial charge on any atom is 0.249 e. The molecule has 34 heavy (non-hydrogen) atoms. The van der Waals surface area contributed by atoms with Gasteiger partial charge in [-0.2, -0.15) is 11.8 Å². The lowest BCUT2D eigenvalue weighted by Crippen LogP contribution is -2.58. The van der Waals surface area contributed by atoms with Crippen LogP contribution in [-0.4, -0.2) is 54.8 Å². The molecule has 190 valence electrons. The van der Waals surface area contributed by atoms with Crippen molar-refractivity contribution in [3.8, 4) is 0 Å². The number of rotatable bonds is 8. The summed E-state index contributed by atoms with van der Waals surface area (Å²) in [5, 5.41) is 8.94. The van der Waals surface area contributed by atoms with Crippen LogP contribution in [0.15, 0.2) is 35.4 Å². The quantitative estimate of drug-likeness (QED) is 0.347. The molecule has 1 aromatic carbocycles. The molecule has 1 aliphatic heterocycles. The summed E-state index contributed by atoms with van der Waals surface area (Å²) in [5.41, 5.74) is 4.83. The molecule has 0 radical (unpaired) electrons. The first-order chi connectivity index (χ1) is 15.7. The van der Waals surface area contributed by atoms with Crippen molar-refractivity contribution < 1.29 is 18.4 Å². The topological polar surface area (TPSA) is 140 Å². The van der Waals surface area contributed by atoms with Crippen molar-refractivity contribution in [3.05, 3.63) is 35.9 Å². The second-order valence-corrected chi connectivity index (χ2v) is 13.0. The van der Waals surface area contributed by atoms with Gasteiger partial charge >= 0.3 is 0 Å². The highest BCUT2D eigenvalue weighted by molar-refractivity contribution is 8.15. The number of carbonyl (C=O) groups excluding carboxylic acids is 2. The van der Waals surface area contributed by atoms with Gasteiger partial charge in [0.05, 0.1) is 6.04 Å². The molecule has 4 N–H and O–H groups in total. The fourth-order valence-corrected chi connectivity index (χ4v) is 6.11. The molecule has 0 aromatic heterocycles. The number of carbonyl (C=O) groups is 2. The van der Waals surface area contributed by atoms with Gasteiger partial charge in [0.15, 0.2) is 10.0 Å². The van der Waals surface area contributed by atoms with Gasteiger partial charge in [0.1, 0.15) is 0 Å². The summed E-state index contributed by atoms with van der Waals surface area (Å²) in [5.74, 6) is 0.370. The van der Waals surface area contributed by atoms with Crippen molar-refractivity contribution in [2.45, 2.75) is 52.5 Å². The van der Waals surface area contributed by atoms with Gasteiger partial charge in [-0.05, 0) is 17.3 Å². The predicted molar refractivity (Wildman–Crippen MR) is 139 cm³/mol. The molecule has 0 saturated heterocycles. The molecule has 2 rings (SSSR count). The fraction of sp³-hybridized carbons (Fsp3) is 0.591. The van der Waals surface area contributed by atoms with Crippen LogP contribution in [0, 0.1) is 10.8 Å². The third-order valence-corrected chi connectivity index (χ3v) is 7.89. The number of nitrogens with two attached hydrogens (primary N) is 1. The molecule has 0 saturated carbocycles. The number of benzene rings is 1. The maximum atomic E-state index is 13.7. The van der Waals surface area contributed by atoms with Gasteiger partial charge in [-0.1, -0.05) is 71.9 Å². The van der Waals surface area contributed by atoms with Crippen LogP contribution >= 0.6 is 23.5 Å². The molecule has 1 aromatic rings. The van der Waals surface area contributed by atoms with Crippen LogP contribution in [-0.2, 0) is 25.7 Å². The van der Waals surface area contributed by atoms with E-state index in [-0.39, 0.29) is 17.0 Å². The van der Waals surface area contributed by atoms with Crippen LogP contribution in [0.2, 0.25) is 0 Å². The standard InChI is InChI=1S/C22H35N5O4S3/c1-20(2,3)17(28)24-19-25-27(18(29)21(4,5)6)22(33-19,15-10-8-7-9-11-15)16(26-34(30)31)14-32-13-12-23/h7-11,16,26H,12-14,23H2,1-6H3,(H,30,31)(H,24,25,28)/p-1. The first-order valence-corrected chi connectivity index (χ1v) is 13.9. The summed E-state index contributed by atoms with van der Waals surface area (Å²) in [4.78, 5) is 25.2. The van der Waals surface area contributed by atoms with Crippen molar-refractivity contribution in [1.29, 1.82) is 0 Å². The summed E-state index contributed by atoms with van der Waals surface area (Å²) < 4.78 is 26.4. The van der Waals surface area contributed by atoms with Crippen molar-refractivity contribution in [3.63, 3.8) is 0 Å². The van der Waals surface area contributed by atoms with Crippen molar-refractivity contribution in [1.82, 2.24) is 15.0 Å². The van der Waals surface area contributed by atoms with E-state index >= 15 is 0 Å². The Kier molecular flexibility index (Phi) is 9.76. The van der Waals surface area contributed by atoms with Crippen LogP contribution in [0.25, 0.3) is 0 Å². The molecule has 9 nitrogen and oxygen atoms in total. The molecule has 0 spiro atoms. The summed E-state index contributed by atoms with van der Waals surface area (Å²) in [6, 6.07) is 8.37. The van der Waals surface area contributed by atoms with Gasteiger partial charge < -0.3 is 15.6 Å². The van der Waals surface area contributed by atoms with Crippen LogP contribution in [0.5, 0.6) is 0 Å². The number of amidine groups is 1. The van der Waals surface area contributed by atoms with Gasteiger partial charge in [0.2, 0.25) is 11.8 Å². The Hall–Kier alpha value is -1.44. The molecule has 3 atom stereocenters. The van der Waals surface area contributed by atoms with Gasteiger partial charge in [0.25, 0.3) is 0 Å². The largest absolute Gasteiger partial charge is 0.760 e. The van der Waals surface area contributed by atoms with Gasteiger partial charge in [-0.15, -0.1) is 5.10 Å². The summed E-state index contributed by atoms with van der Waals surface area (Å²) in [6.07, 6.45) is 0. The first kappa shape index (κ1) is 28.8. The highest BCUT2D eigenvalue weighted by atomic mass is 32.2. The van der Waals surface area contributed by atoms with Crippen molar-refractivity contribution in [2.75, 3.05) is 18.1 Å². The van der Waals surface area contributed by atoms with E-state index in [2.05, 4.69) is 15.1 Å². The molecule has 3 unspecified atom stereocenters. The third-order valence-electron chi connectivity index (χ3n) is 4.94. The Labute approximate surface area is 212 Å². The number of amides is 2. The Bertz CT molecular complexity index is 931. The minimum absolute atomic E-state index is 0.230. The second kappa shape index (κ2) is 11.5. The molecule has 1 heterocycles. The molecule has 12 heteroatoms. The molecule has 0 bridgehead atoms. The van der Waals surface area contributed by atoms with E-state index in [1.165, 1.54) is 16.8 Å². The first-order valence-electron chi connectivity index (χ1n) is 10.9. The van der Waals surface area contributed by atoms with E-state index < -0.39 is 33.0 Å². The lowest BCUT2D eigenvalue weighted by molar-refractivity contribution is -0.143. The minimum atomic E-state index is -2.62. The Morgan fingerprint density at radius 1 is 1.21 bits per heavy atom. The number of hydrogen-bond acceptors (Lipinski definition) is 8. The minimum Gasteiger partial charge on any atom is -0.760 e. The van der Waals surface area contributed by atoms with Crippen LogP contribution < -0.4 is 15.8 Å². The average molecular weight is 529 g/mol. The summed E-state index contributed by atoms with van der Waals surface area (Å²) in [7, 11) is 0. The van der Waals surface area contributed by atoms with E-state index in [4.69, 9.17) is 5.73 Å². The smallest absolute Gasteiger partial charge is 0.249 e. The number of nitrogens with zero attached hydrogens (tertiary/aromatic N) is 2. The second-order valence-electron chi connectivity index (χ2n) is 9.91. The van der Waals surface area contributed by atoms with Gasteiger partial charge in [-0.25, -0.2) is 9.73 Å². The van der Waals surface area contributed by atoms with Crippen LogP contribution in [0.1, 0.15) is 47.1 Å². The van der Waals surface area contributed by atoms with E-state index in [0.29, 0.717) is 23.6 Å². The van der Waals surface area contributed by atoms with E-state index in [1.807, 2.05) is 30.3 Å². The summed E-state index contributed by atoms with van der Waals surface area (Å²) >= 11 is 0.0164. The summed E-state index contributed by atoms with van der Waals surface area (Å²) in [6.45, 7) is 11.1. The van der Waals surface area contributed by atoms with Gasteiger partial charge in [0, 0.05) is 40.1 Å². The maximum absolute atomic E-state index is 13.7. The number of thioether (sulfide) groups is 2. The normalized spacial score (nSPS) is 20.6. The zero-order valence-electron chi connectivity index (χ0n) is 20.4.